The summed E-state index contributed by atoms with van der Waals surface area (Å²) in [7, 11) is 0. The van der Waals surface area contributed by atoms with Gasteiger partial charge in [-0.05, 0) is 33.7 Å². The monoisotopic (exact) mass is 294 g/mol. The fraction of sp³-hybridized carbons (Fsp3) is 0.0500. The average molecular weight is 294 g/mol. The molecule has 23 heavy (non-hydrogen) atoms. The van der Waals surface area contributed by atoms with Crippen LogP contribution in [0.3, 0.4) is 0 Å². The summed E-state index contributed by atoms with van der Waals surface area (Å²) in [4.78, 5) is 13.1. The molecule has 0 radical (unpaired) electrons. The molecule has 3 nitrogen and oxygen atoms in total. The van der Waals surface area contributed by atoms with Crippen LogP contribution in [0.25, 0.3) is 12.2 Å². The number of hydrogen-bond acceptors (Lipinski definition) is 3. The maximum Gasteiger partial charge on any atom is 0.193 e. The molecule has 0 N–H and O–H groups in total. The molecule has 0 bridgehead atoms. The number of rotatable bonds is 0. The van der Waals surface area contributed by atoms with Gasteiger partial charge >= 0.3 is 0 Å². The largest absolute Gasteiger partial charge is 0.292 e. The highest BCUT2D eigenvalue weighted by Crippen LogP contribution is 2.48. The van der Waals surface area contributed by atoms with Gasteiger partial charge in [-0.3, -0.25) is 4.79 Å². The summed E-state index contributed by atoms with van der Waals surface area (Å²) in [5.74, 6) is -0.324. The van der Waals surface area contributed by atoms with Crippen LogP contribution in [0.4, 0.5) is 0 Å². The van der Waals surface area contributed by atoms with Crippen molar-refractivity contribution in [2.75, 3.05) is 0 Å². The number of Topliss-reactive ketones (excluding diaryl/α,β-unsaturated/α-hetero) is 1. The topological polar surface area (TPSA) is 64.7 Å². The molecule has 0 amide bonds. The van der Waals surface area contributed by atoms with Crippen LogP contribution >= 0.6 is 0 Å². The summed E-state index contributed by atoms with van der Waals surface area (Å²) >= 11 is 0. The Hall–Kier alpha value is -3.43. The highest BCUT2D eigenvalue weighted by molar-refractivity contribution is 6.15. The Labute approximate surface area is 132 Å². The Morgan fingerprint density at radius 1 is 0.957 bits per heavy atom. The lowest BCUT2D eigenvalue weighted by atomic mass is 9.62. The zero-order valence-electron chi connectivity index (χ0n) is 12.1. The van der Waals surface area contributed by atoms with E-state index in [1.54, 1.807) is 6.08 Å². The maximum absolute atomic E-state index is 13.1. The predicted molar refractivity (Wildman–Crippen MR) is 85.6 cm³/mol. The molecule has 0 saturated carbocycles. The van der Waals surface area contributed by atoms with Crippen molar-refractivity contribution in [1.29, 1.82) is 10.5 Å². The first-order valence-corrected chi connectivity index (χ1v) is 7.20. The fourth-order valence-corrected chi connectivity index (χ4v) is 3.42. The van der Waals surface area contributed by atoms with Crippen LogP contribution in [0.5, 0.6) is 0 Å². The zero-order chi connectivity index (χ0) is 16.0. The van der Waals surface area contributed by atoms with Gasteiger partial charge in [0.2, 0.25) is 0 Å². The van der Waals surface area contributed by atoms with Gasteiger partial charge in [-0.15, -0.1) is 0 Å². The van der Waals surface area contributed by atoms with Crippen LogP contribution < -0.4 is 10.4 Å². The first-order valence-electron chi connectivity index (χ1n) is 7.20. The molecular formula is C20H10N2O. The van der Waals surface area contributed by atoms with E-state index in [1.165, 1.54) is 0 Å². The van der Waals surface area contributed by atoms with Crippen LogP contribution in [-0.4, -0.2) is 5.78 Å². The minimum absolute atomic E-state index is 0.0681. The lowest BCUT2D eigenvalue weighted by Crippen LogP contribution is -2.43. The Morgan fingerprint density at radius 3 is 2.48 bits per heavy atom. The quantitative estimate of drug-likeness (QED) is 0.730. The molecule has 1 aromatic carbocycles. The maximum atomic E-state index is 13.1. The molecule has 1 unspecified atom stereocenters. The summed E-state index contributed by atoms with van der Waals surface area (Å²) < 4.78 is 0. The molecule has 3 heteroatoms. The van der Waals surface area contributed by atoms with Crippen LogP contribution in [0, 0.1) is 28.1 Å². The Bertz CT molecular complexity index is 1100. The average Bonchev–Trinajstić information content (AvgIpc) is 2.59. The summed E-state index contributed by atoms with van der Waals surface area (Å²) in [6.45, 7) is 0. The van der Waals surface area contributed by atoms with Crippen molar-refractivity contribution < 1.29 is 4.79 Å². The molecular weight excluding hydrogens is 284 g/mol. The Kier molecular flexibility index (Phi) is 2.61. The van der Waals surface area contributed by atoms with Crippen LogP contribution in [0.15, 0.2) is 70.9 Å². The van der Waals surface area contributed by atoms with Gasteiger partial charge in [0.15, 0.2) is 5.78 Å². The molecule has 0 aromatic heterocycles. The van der Waals surface area contributed by atoms with Crippen molar-refractivity contribution in [3.63, 3.8) is 0 Å². The Balaban J connectivity index is 2.12. The number of fused-ring (bicyclic) bond motifs is 1. The number of benzene rings is 1. The number of nitrogens with zero attached hydrogens (tertiary/aromatic N) is 2. The van der Waals surface area contributed by atoms with Crippen molar-refractivity contribution >= 4 is 17.9 Å². The second-order valence-electron chi connectivity index (χ2n) is 5.65. The highest BCUT2D eigenvalue weighted by Gasteiger charge is 2.47. The molecule has 4 rings (SSSR count). The van der Waals surface area contributed by atoms with Crippen LogP contribution in [0.2, 0.25) is 0 Å². The predicted octanol–water partition coefficient (Wildman–Crippen LogP) is 1.60. The van der Waals surface area contributed by atoms with Crippen molar-refractivity contribution in [2.45, 2.75) is 0 Å². The van der Waals surface area contributed by atoms with Crippen LogP contribution in [0.1, 0.15) is 0 Å². The molecule has 0 heterocycles. The lowest BCUT2D eigenvalue weighted by molar-refractivity contribution is -0.118. The van der Waals surface area contributed by atoms with Crippen molar-refractivity contribution in [1.82, 2.24) is 0 Å². The van der Waals surface area contributed by atoms with E-state index in [2.05, 4.69) is 0 Å². The normalized spacial score (nSPS) is 23.8. The number of nitriles is 2. The van der Waals surface area contributed by atoms with Crippen LogP contribution in [-0.2, 0) is 4.79 Å². The highest BCUT2D eigenvalue weighted by atomic mass is 16.1. The van der Waals surface area contributed by atoms with E-state index in [1.807, 2.05) is 66.8 Å². The molecule has 3 aliphatic carbocycles. The second-order valence-corrected chi connectivity index (χ2v) is 5.65. The van der Waals surface area contributed by atoms with Gasteiger partial charge in [0.25, 0.3) is 0 Å². The van der Waals surface area contributed by atoms with Crippen molar-refractivity contribution in [3.05, 3.63) is 81.3 Å². The van der Waals surface area contributed by atoms with E-state index in [0.717, 1.165) is 21.6 Å². The minimum Gasteiger partial charge on any atom is -0.292 e. The molecule has 1 spiro atoms. The number of carbonyl (C=O) groups is 1. The number of allylic oxidation sites excluding steroid dienone is 8. The third-order valence-electron chi connectivity index (χ3n) is 4.53. The summed E-state index contributed by atoms with van der Waals surface area (Å²) in [6.07, 6.45) is 11.2. The first-order chi connectivity index (χ1) is 11.2. The summed E-state index contributed by atoms with van der Waals surface area (Å²) in [5.41, 5.74) is 0.646. The third kappa shape index (κ3) is 1.59. The van der Waals surface area contributed by atoms with Crippen molar-refractivity contribution in [3.8, 4) is 12.1 Å². The van der Waals surface area contributed by atoms with E-state index < -0.39 is 5.41 Å². The smallest absolute Gasteiger partial charge is 0.193 e. The van der Waals surface area contributed by atoms with Gasteiger partial charge in [0.1, 0.15) is 23.1 Å². The van der Waals surface area contributed by atoms with Gasteiger partial charge in [-0.25, -0.2) is 0 Å². The standard InChI is InChI=1S/C20H10N2O/c21-11-15-9-17-7-3-6-16-8-13-4-1-2-5-14(13)10-20(16,17)19(23)18(15)12-22/h1-10H. The van der Waals surface area contributed by atoms with Crippen molar-refractivity contribution in [2.24, 2.45) is 5.41 Å². The summed E-state index contributed by atoms with van der Waals surface area (Å²) in [6, 6.07) is 11.7. The number of ketones is 1. The van der Waals surface area contributed by atoms with E-state index in [9.17, 15) is 15.3 Å². The van der Waals surface area contributed by atoms with Gasteiger partial charge in [0, 0.05) is 0 Å². The first kappa shape index (κ1) is 13.2. The van der Waals surface area contributed by atoms with Gasteiger partial charge in [-0.2, -0.15) is 10.5 Å². The fourth-order valence-electron chi connectivity index (χ4n) is 3.42. The van der Waals surface area contributed by atoms with E-state index in [4.69, 9.17) is 0 Å². The summed E-state index contributed by atoms with van der Waals surface area (Å²) in [5, 5.41) is 20.6. The van der Waals surface area contributed by atoms with E-state index in [0.29, 0.717) is 0 Å². The minimum atomic E-state index is -0.992. The molecule has 0 saturated heterocycles. The molecule has 3 aliphatic rings. The molecule has 1 atom stereocenters. The van der Waals surface area contributed by atoms with Gasteiger partial charge < -0.3 is 0 Å². The lowest BCUT2D eigenvalue weighted by Gasteiger charge is -2.37. The molecule has 0 aliphatic heterocycles. The zero-order valence-corrected chi connectivity index (χ0v) is 12.1. The van der Waals surface area contributed by atoms with E-state index in [-0.39, 0.29) is 16.9 Å². The van der Waals surface area contributed by atoms with Gasteiger partial charge in [-0.1, -0.05) is 48.6 Å². The van der Waals surface area contributed by atoms with Gasteiger partial charge in [0.05, 0.1) is 5.57 Å². The molecule has 0 fully saturated rings. The SMILES string of the molecule is N#CC1=C(C#N)C(=O)C23C=c4ccccc4=CC2=CC=CC3=C1. The van der Waals surface area contributed by atoms with E-state index >= 15 is 0 Å². The number of hydrogen-bond donors (Lipinski definition) is 0. The molecule has 106 valence electrons. The number of carbonyl (C=O) groups excluding carboxylic acids is 1. The second kappa shape index (κ2) is 4.53. The third-order valence-corrected chi connectivity index (χ3v) is 4.53. The molecule has 1 aromatic rings. The Morgan fingerprint density at radius 2 is 1.74 bits per heavy atom.